The van der Waals surface area contributed by atoms with E-state index in [1.165, 1.54) is 24.3 Å². The maximum Gasteiger partial charge on any atom is 0.326 e. The van der Waals surface area contributed by atoms with Gasteiger partial charge in [0.25, 0.3) is 5.69 Å². The van der Waals surface area contributed by atoms with E-state index in [0.29, 0.717) is 10.6 Å². The highest BCUT2D eigenvalue weighted by molar-refractivity contribution is 6.30. The topological polar surface area (TPSA) is 110 Å². The maximum atomic E-state index is 12.1. The van der Waals surface area contributed by atoms with Crippen LogP contribution >= 0.6 is 11.6 Å². The number of aliphatic carboxylic acids is 1. The van der Waals surface area contributed by atoms with Gasteiger partial charge in [0.1, 0.15) is 6.04 Å². The van der Waals surface area contributed by atoms with Gasteiger partial charge >= 0.3 is 5.97 Å². The first-order chi connectivity index (χ1) is 11.8. The first-order valence-electron chi connectivity index (χ1n) is 7.35. The Morgan fingerprint density at radius 2 is 1.64 bits per heavy atom. The number of benzene rings is 2. The quantitative estimate of drug-likeness (QED) is 0.581. The highest BCUT2D eigenvalue weighted by atomic mass is 35.5. The van der Waals surface area contributed by atoms with Crippen molar-refractivity contribution in [3.63, 3.8) is 0 Å². The predicted molar refractivity (Wildman–Crippen MR) is 91.5 cm³/mol. The van der Waals surface area contributed by atoms with Crippen molar-refractivity contribution in [2.75, 3.05) is 0 Å². The minimum atomic E-state index is -1.15. The van der Waals surface area contributed by atoms with Crippen LogP contribution in [-0.2, 0) is 22.4 Å². The summed E-state index contributed by atoms with van der Waals surface area (Å²) < 4.78 is 0. The number of carboxylic acids is 1. The molecule has 0 spiro atoms. The fraction of sp³-hybridized carbons (Fsp3) is 0.176. The molecule has 0 aliphatic rings. The summed E-state index contributed by atoms with van der Waals surface area (Å²) in [5, 5.41) is 22.9. The average molecular weight is 363 g/mol. The molecule has 0 aliphatic heterocycles. The number of amides is 1. The van der Waals surface area contributed by atoms with Crippen LogP contribution in [0.2, 0.25) is 5.02 Å². The van der Waals surface area contributed by atoms with Crippen LogP contribution in [0.3, 0.4) is 0 Å². The van der Waals surface area contributed by atoms with E-state index in [1.807, 2.05) is 0 Å². The number of non-ortho nitro benzene ring substituents is 1. The summed E-state index contributed by atoms with van der Waals surface area (Å²) in [5.41, 5.74) is 1.21. The third-order valence-electron chi connectivity index (χ3n) is 3.50. The van der Waals surface area contributed by atoms with Gasteiger partial charge in [0.05, 0.1) is 11.3 Å². The highest BCUT2D eigenvalue weighted by Crippen LogP contribution is 2.13. The van der Waals surface area contributed by atoms with Gasteiger partial charge < -0.3 is 10.4 Å². The molecular weight excluding hydrogens is 348 g/mol. The van der Waals surface area contributed by atoms with E-state index in [2.05, 4.69) is 5.32 Å². The largest absolute Gasteiger partial charge is 0.480 e. The number of carbonyl (C=O) groups excluding carboxylic acids is 1. The number of halogens is 1. The van der Waals surface area contributed by atoms with Crippen LogP contribution in [0.15, 0.2) is 48.5 Å². The molecule has 0 saturated carbocycles. The molecule has 0 radical (unpaired) electrons. The number of hydrogen-bond acceptors (Lipinski definition) is 4. The number of hydrogen-bond donors (Lipinski definition) is 2. The second kappa shape index (κ2) is 8.25. The molecule has 130 valence electrons. The van der Waals surface area contributed by atoms with Gasteiger partial charge in [-0.05, 0) is 23.3 Å². The van der Waals surface area contributed by atoms with Crippen molar-refractivity contribution in [1.82, 2.24) is 5.32 Å². The summed E-state index contributed by atoms with van der Waals surface area (Å²) >= 11 is 5.79. The Morgan fingerprint density at radius 3 is 2.16 bits per heavy atom. The Kier molecular flexibility index (Phi) is 6.08. The first kappa shape index (κ1) is 18.4. The van der Waals surface area contributed by atoms with Crippen molar-refractivity contribution in [2.45, 2.75) is 18.9 Å². The lowest BCUT2D eigenvalue weighted by Crippen LogP contribution is -2.43. The summed E-state index contributed by atoms with van der Waals surface area (Å²) in [6.45, 7) is 0. The molecule has 0 aliphatic carbocycles. The van der Waals surface area contributed by atoms with Crippen LogP contribution < -0.4 is 5.32 Å². The molecule has 1 atom stereocenters. The molecule has 0 heterocycles. The summed E-state index contributed by atoms with van der Waals surface area (Å²) in [6, 6.07) is 11.1. The minimum Gasteiger partial charge on any atom is -0.480 e. The molecule has 25 heavy (non-hydrogen) atoms. The molecule has 1 amide bonds. The van der Waals surface area contributed by atoms with Crippen molar-refractivity contribution >= 4 is 29.2 Å². The van der Waals surface area contributed by atoms with E-state index in [0.717, 1.165) is 5.56 Å². The number of nitrogens with one attached hydrogen (secondary N) is 1. The Labute approximate surface area is 148 Å². The zero-order valence-corrected chi connectivity index (χ0v) is 13.8. The van der Waals surface area contributed by atoms with Crippen LogP contribution in [0.25, 0.3) is 0 Å². The van der Waals surface area contributed by atoms with Gasteiger partial charge in [0.2, 0.25) is 5.91 Å². The zero-order chi connectivity index (χ0) is 18.4. The number of nitrogens with zero attached hydrogens (tertiary/aromatic N) is 1. The Bertz CT molecular complexity index is 775. The zero-order valence-electron chi connectivity index (χ0n) is 13.0. The average Bonchev–Trinajstić information content (AvgIpc) is 2.56. The monoisotopic (exact) mass is 362 g/mol. The summed E-state index contributed by atoms with van der Waals surface area (Å²) in [7, 11) is 0. The number of carboxylic acid groups (broad SMARTS) is 1. The van der Waals surface area contributed by atoms with E-state index in [1.54, 1.807) is 24.3 Å². The lowest BCUT2D eigenvalue weighted by Gasteiger charge is -2.15. The maximum absolute atomic E-state index is 12.1. The van der Waals surface area contributed by atoms with Gasteiger partial charge in [-0.15, -0.1) is 0 Å². The molecule has 2 rings (SSSR count). The van der Waals surface area contributed by atoms with E-state index < -0.39 is 22.8 Å². The Balaban J connectivity index is 1.98. The van der Waals surface area contributed by atoms with Crippen molar-refractivity contribution in [2.24, 2.45) is 0 Å². The van der Waals surface area contributed by atoms with E-state index >= 15 is 0 Å². The Morgan fingerprint density at radius 1 is 1.08 bits per heavy atom. The molecule has 8 heteroatoms. The smallest absolute Gasteiger partial charge is 0.326 e. The van der Waals surface area contributed by atoms with E-state index in [9.17, 15) is 24.8 Å². The molecular formula is C17H15ClN2O5. The van der Waals surface area contributed by atoms with E-state index in [-0.39, 0.29) is 18.5 Å². The van der Waals surface area contributed by atoms with Crippen LogP contribution in [-0.4, -0.2) is 27.9 Å². The molecule has 0 fully saturated rings. The molecule has 0 unspecified atom stereocenters. The van der Waals surface area contributed by atoms with E-state index in [4.69, 9.17) is 11.6 Å². The molecule has 2 aromatic carbocycles. The van der Waals surface area contributed by atoms with Crippen molar-refractivity contribution in [3.8, 4) is 0 Å². The predicted octanol–water partition coefficient (Wildman–Crippen LogP) is 2.60. The van der Waals surface area contributed by atoms with Crippen molar-refractivity contribution < 1.29 is 19.6 Å². The lowest BCUT2D eigenvalue weighted by atomic mass is 10.1. The number of nitro groups is 1. The molecule has 0 aromatic heterocycles. The van der Waals surface area contributed by atoms with Crippen LogP contribution in [0.5, 0.6) is 0 Å². The Hall–Kier alpha value is -2.93. The minimum absolute atomic E-state index is 0.0671. The van der Waals surface area contributed by atoms with Crippen LogP contribution in [0.1, 0.15) is 11.1 Å². The summed E-state index contributed by atoms with van der Waals surface area (Å²) in [6.07, 6.45) is 0.0564. The van der Waals surface area contributed by atoms with Crippen molar-refractivity contribution in [3.05, 3.63) is 74.8 Å². The summed E-state index contributed by atoms with van der Waals surface area (Å²) in [5.74, 6) is -1.62. The highest BCUT2D eigenvalue weighted by Gasteiger charge is 2.20. The number of nitro benzene ring substituents is 1. The molecule has 0 bridgehead atoms. The molecule has 0 saturated heterocycles. The third-order valence-corrected chi connectivity index (χ3v) is 3.75. The fourth-order valence-electron chi connectivity index (χ4n) is 2.22. The number of carbonyl (C=O) groups is 2. The standard InChI is InChI=1S/C17H15ClN2O5/c18-13-5-1-11(2-6-13)9-15(17(22)23)19-16(21)10-12-3-7-14(8-4-12)20(24)25/h1-8,15H,9-10H2,(H,19,21)(H,22,23)/t15-/m0/s1. The van der Waals surface area contributed by atoms with Crippen LogP contribution in [0.4, 0.5) is 5.69 Å². The second-order valence-corrected chi connectivity index (χ2v) is 5.83. The molecule has 2 aromatic rings. The molecule has 2 N–H and O–H groups in total. The normalized spacial score (nSPS) is 11.6. The first-order valence-corrected chi connectivity index (χ1v) is 7.73. The fourth-order valence-corrected chi connectivity index (χ4v) is 2.35. The summed E-state index contributed by atoms with van der Waals surface area (Å²) in [4.78, 5) is 33.5. The van der Waals surface area contributed by atoms with Crippen LogP contribution in [0, 0.1) is 10.1 Å². The van der Waals surface area contributed by atoms with Gasteiger partial charge in [-0.25, -0.2) is 4.79 Å². The third kappa shape index (κ3) is 5.58. The molecule has 7 nitrogen and oxygen atoms in total. The van der Waals surface area contributed by atoms with Gasteiger partial charge in [-0.1, -0.05) is 35.9 Å². The lowest BCUT2D eigenvalue weighted by molar-refractivity contribution is -0.384. The van der Waals surface area contributed by atoms with Crippen molar-refractivity contribution in [1.29, 1.82) is 0 Å². The SMILES string of the molecule is O=C(Cc1ccc([N+](=O)[O-])cc1)N[C@@H](Cc1ccc(Cl)cc1)C(=O)O. The number of rotatable bonds is 7. The second-order valence-electron chi connectivity index (χ2n) is 5.39. The van der Waals surface area contributed by atoms with Gasteiger partial charge in [-0.3, -0.25) is 14.9 Å². The van der Waals surface area contributed by atoms with Gasteiger partial charge in [-0.2, -0.15) is 0 Å². The van der Waals surface area contributed by atoms with Gasteiger partial charge in [0.15, 0.2) is 0 Å². The van der Waals surface area contributed by atoms with Gasteiger partial charge in [0, 0.05) is 23.6 Å².